The molecule has 0 atom stereocenters. The van der Waals surface area contributed by atoms with Gasteiger partial charge in [0.25, 0.3) is 0 Å². The highest BCUT2D eigenvalue weighted by atomic mass is 16.5. The predicted molar refractivity (Wildman–Crippen MR) is 50.8 cm³/mol. The largest absolute Gasteiger partial charge is 0.381 e. The van der Waals surface area contributed by atoms with Crippen molar-refractivity contribution in [2.24, 2.45) is 0 Å². The zero-order valence-electron chi connectivity index (χ0n) is 8.56. The van der Waals surface area contributed by atoms with Gasteiger partial charge in [-0.3, -0.25) is 0 Å². The molecule has 13 heavy (non-hydrogen) atoms. The van der Waals surface area contributed by atoms with Gasteiger partial charge in [-0.2, -0.15) is 0 Å². The third kappa shape index (κ3) is 2.03. The van der Waals surface area contributed by atoms with Crippen molar-refractivity contribution < 1.29 is 9.47 Å². The summed E-state index contributed by atoms with van der Waals surface area (Å²) in [4.78, 5) is 0. The Bertz CT molecular complexity index is 180. The minimum atomic E-state index is -0.0183. The van der Waals surface area contributed by atoms with Gasteiger partial charge in [0, 0.05) is 39.1 Å². The fourth-order valence-corrected chi connectivity index (χ4v) is 2.27. The van der Waals surface area contributed by atoms with E-state index in [1.54, 1.807) is 0 Å². The van der Waals surface area contributed by atoms with Gasteiger partial charge < -0.3 is 14.8 Å². The summed E-state index contributed by atoms with van der Waals surface area (Å²) < 4.78 is 11.5. The molecule has 2 aliphatic heterocycles. The maximum atomic E-state index is 6.16. The molecular formula is C10H19NO2. The minimum absolute atomic E-state index is 0.0183. The molecule has 0 aliphatic carbocycles. The molecule has 3 heteroatoms. The van der Waals surface area contributed by atoms with Crippen LogP contribution in [0, 0.1) is 0 Å². The summed E-state index contributed by atoms with van der Waals surface area (Å²) >= 11 is 0. The molecule has 0 aromatic rings. The highest BCUT2D eigenvalue weighted by Gasteiger charge is 2.41. The van der Waals surface area contributed by atoms with E-state index in [9.17, 15) is 0 Å². The van der Waals surface area contributed by atoms with Crippen LogP contribution in [0.3, 0.4) is 0 Å². The molecule has 2 fully saturated rings. The lowest BCUT2D eigenvalue weighted by Crippen LogP contribution is -2.59. The average Bonchev–Trinajstić information content (AvgIpc) is 2.03. The summed E-state index contributed by atoms with van der Waals surface area (Å²) in [7, 11) is 0. The Balaban J connectivity index is 2.04. The van der Waals surface area contributed by atoms with E-state index in [0.717, 1.165) is 39.1 Å². The van der Waals surface area contributed by atoms with Crippen molar-refractivity contribution in [1.29, 1.82) is 0 Å². The highest BCUT2D eigenvalue weighted by molar-refractivity contribution is 4.94. The lowest BCUT2D eigenvalue weighted by atomic mass is 9.90. The second kappa shape index (κ2) is 3.23. The standard InChI is InChI=1S/C10H19NO2/c1-9(2)7-11-8-10(13-9)3-5-12-6-4-10/h11H,3-8H2,1-2H3. The number of ether oxygens (including phenoxy) is 2. The van der Waals surface area contributed by atoms with Crippen LogP contribution in [-0.2, 0) is 9.47 Å². The van der Waals surface area contributed by atoms with Crippen molar-refractivity contribution in [2.75, 3.05) is 26.3 Å². The summed E-state index contributed by atoms with van der Waals surface area (Å²) in [6, 6.07) is 0. The Hall–Kier alpha value is -0.120. The first-order chi connectivity index (χ1) is 6.12. The summed E-state index contributed by atoms with van der Waals surface area (Å²) in [5.41, 5.74) is 0.0373. The Kier molecular flexibility index (Phi) is 2.34. The van der Waals surface area contributed by atoms with Crippen molar-refractivity contribution in [3.05, 3.63) is 0 Å². The number of morpholine rings is 1. The van der Waals surface area contributed by atoms with Gasteiger partial charge in [0.2, 0.25) is 0 Å². The molecule has 2 rings (SSSR count). The van der Waals surface area contributed by atoms with Crippen LogP contribution in [0.1, 0.15) is 26.7 Å². The van der Waals surface area contributed by atoms with Gasteiger partial charge in [0.1, 0.15) is 0 Å². The molecule has 1 N–H and O–H groups in total. The van der Waals surface area contributed by atoms with Crippen molar-refractivity contribution in [2.45, 2.75) is 37.9 Å². The van der Waals surface area contributed by atoms with Crippen molar-refractivity contribution >= 4 is 0 Å². The van der Waals surface area contributed by atoms with Crippen molar-refractivity contribution in [3.8, 4) is 0 Å². The second-order valence-corrected chi connectivity index (χ2v) is 4.76. The van der Waals surface area contributed by atoms with Gasteiger partial charge in [0.15, 0.2) is 0 Å². The number of rotatable bonds is 0. The maximum Gasteiger partial charge on any atom is 0.0857 e. The maximum absolute atomic E-state index is 6.16. The summed E-state index contributed by atoms with van der Waals surface area (Å²) in [5.74, 6) is 0. The van der Waals surface area contributed by atoms with Crippen LogP contribution in [0.2, 0.25) is 0 Å². The lowest BCUT2D eigenvalue weighted by molar-refractivity contribution is -0.193. The molecule has 2 aliphatic rings. The molecule has 1 spiro atoms. The molecule has 0 radical (unpaired) electrons. The Morgan fingerprint density at radius 3 is 2.38 bits per heavy atom. The highest BCUT2D eigenvalue weighted by Crippen LogP contribution is 2.32. The van der Waals surface area contributed by atoms with Crippen LogP contribution in [0.4, 0.5) is 0 Å². The smallest absolute Gasteiger partial charge is 0.0857 e. The second-order valence-electron chi connectivity index (χ2n) is 4.76. The van der Waals surface area contributed by atoms with Gasteiger partial charge in [0.05, 0.1) is 11.2 Å². The zero-order chi connectivity index (χ0) is 9.36. The average molecular weight is 185 g/mol. The third-order valence-corrected chi connectivity index (χ3v) is 2.89. The minimum Gasteiger partial charge on any atom is -0.381 e. The number of hydrogen-bond acceptors (Lipinski definition) is 3. The predicted octanol–water partition coefficient (Wildman–Crippen LogP) is 0.934. The molecule has 0 saturated carbocycles. The fourth-order valence-electron chi connectivity index (χ4n) is 2.27. The van der Waals surface area contributed by atoms with E-state index in [-0.39, 0.29) is 11.2 Å². The zero-order valence-corrected chi connectivity index (χ0v) is 8.56. The summed E-state index contributed by atoms with van der Waals surface area (Å²) in [6.07, 6.45) is 2.06. The molecule has 0 aromatic carbocycles. The quantitative estimate of drug-likeness (QED) is 0.609. The van der Waals surface area contributed by atoms with Gasteiger partial charge >= 0.3 is 0 Å². The first-order valence-corrected chi connectivity index (χ1v) is 5.11. The van der Waals surface area contributed by atoms with Crippen LogP contribution >= 0.6 is 0 Å². The van der Waals surface area contributed by atoms with E-state index in [1.165, 1.54) is 0 Å². The third-order valence-electron chi connectivity index (χ3n) is 2.89. The molecular weight excluding hydrogens is 166 g/mol. The van der Waals surface area contributed by atoms with Gasteiger partial charge in [-0.15, -0.1) is 0 Å². The van der Waals surface area contributed by atoms with E-state index in [1.807, 2.05) is 0 Å². The van der Waals surface area contributed by atoms with Crippen LogP contribution in [0.5, 0.6) is 0 Å². The first kappa shape index (κ1) is 9.44. The van der Waals surface area contributed by atoms with Crippen molar-refractivity contribution in [3.63, 3.8) is 0 Å². The Morgan fingerprint density at radius 1 is 1.08 bits per heavy atom. The van der Waals surface area contributed by atoms with Gasteiger partial charge in [-0.1, -0.05) is 0 Å². The molecule has 3 nitrogen and oxygen atoms in total. The summed E-state index contributed by atoms with van der Waals surface area (Å²) in [6.45, 7) is 7.93. The van der Waals surface area contributed by atoms with E-state index >= 15 is 0 Å². The number of hydrogen-bond donors (Lipinski definition) is 1. The van der Waals surface area contributed by atoms with Crippen LogP contribution in [0.25, 0.3) is 0 Å². The molecule has 76 valence electrons. The fraction of sp³-hybridized carbons (Fsp3) is 1.00. The van der Waals surface area contributed by atoms with Gasteiger partial charge in [-0.05, 0) is 13.8 Å². The molecule has 0 aromatic heterocycles. The Morgan fingerprint density at radius 2 is 1.77 bits per heavy atom. The summed E-state index contributed by atoms with van der Waals surface area (Å²) in [5, 5.41) is 3.46. The van der Waals surface area contributed by atoms with E-state index < -0.39 is 0 Å². The monoisotopic (exact) mass is 185 g/mol. The van der Waals surface area contributed by atoms with Gasteiger partial charge in [-0.25, -0.2) is 0 Å². The van der Waals surface area contributed by atoms with Crippen molar-refractivity contribution in [1.82, 2.24) is 5.32 Å². The normalized spacial score (nSPS) is 31.8. The van der Waals surface area contributed by atoms with Crippen LogP contribution in [-0.4, -0.2) is 37.5 Å². The van der Waals surface area contributed by atoms with E-state index in [4.69, 9.17) is 9.47 Å². The van der Waals surface area contributed by atoms with Crippen LogP contribution < -0.4 is 5.32 Å². The molecule has 2 saturated heterocycles. The lowest BCUT2D eigenvalue weighted by Gasteiger charge is -2.47. The molecule has 0 bridgehead atoms. The first-order valence-electron chi connectivity index (χ1n) is 5.11. The van der Waals surface area contributed by atoms with E-state index in [2.05, 4.69) is 19.2 Å². The molecule has 0 unspecified atom stereocenters. The molecule has 2 heterocycles. The Labute approximate surface area is 79.8 Å². The topological polar surface area (TPSA) is 30.5 Å². The number of nitrogens with one attached hydrogen (secondary N) is 1. The SMILES string of the molecule is CC1(C)CNCC2(CCOCC2)O1. The van der Waals surface area contributed by atoms with Crippen LogP contribution in [0.15, 0.2) is 0 Å². The molecule has 0 amide bonds. The van der Waals surface area contributed by atoms with E-state index in [0.29, 0.717) is 0 Å².